The summed E-state index contributed by atoms with van der Waals surface area (Å²) in [6.07, 6.45) is 0.512. The molecule has 0 aliphatic rings. The van der Waals surface area contributed by atoms with Gasteiger partial charge in [-0.1, -0.05) is 42.5 Å². The van der Waals surface area contributed by atoms with Crippen molar-refractivity contribution in [2.24, 2.45) is 0 Å². The molecule has 2 amide bonds. The van der Waals surface area contributed by atoms with Crippen molar-refractivity contribution >= 4 is 28.6 Å². The highest BCUT2D eigenvalue weighted by Crippen LogP contribution is 2.32. The number of benzene rings is 3. The van der Waals surface area contributed by atoms with Crippen LogP contribution in [0.2, 0.25) is 0 Å². The number of ketones is 1. The van der Waals surface area contributed by atoms with E-state index in [4.69, 9.17) is 28.1 Å². The Kier molecular flexibility index (Phi) is 11.9. The summed E-state index contributed by atoms with van der Waals surface area (Å²) in [5.41, 5.74) is 1.21. The van der Waals surface area contributed by atoms with Gasteiger partial charge in [-0.15, -0.1) is 0 Å². The van der Waals surface area contributed by atoms with Gasteiger partial charge in [0.1, 0.15) is 17.4 Å². The molecule has 0 fully saturated rings. The van der Waals surface area contributed by atoms with Crippen LogP contribution in [0.15, 0.2) is 75.9 Å². The van der Waals surface area contributed by atoms with Gasteiger partial charge in [-0.25, -0.2) is 0 Å². The molecule has 1 aromatic heterocycles. The number of carbonyl (C=O) groups excluding carboxylic acids is 3. The smallest absolute Gasteiger partial charge is 0.289 e. The zero-order valence-electron chi connectivity index (χ0n) is 26.0. The van der Waals surface area contributed by atoms with E-state index in [1.165, 1.54) is 33.3 Å². The first-order chi connectivity index (χ1) is 22.2. The van der Waals surface area contributed by atoms with Crippen LogP contribution in [0.5, 0.6) is 17.2 Å². The Morgan fingerprint density at radius 2 is 1.50 bits per heavy atom. The Labute approximate surface area is 265 Å². The third-order valence-corrected chi connectivity index (χ3v) is 7.04. The minimum Gasteiger partial charge on any atom is -0.497 e. The van der Waals surface area contributed by atoms with Crippen molar-refractivity contribution in [3.05, 3.63) is 99.4 Å². The number of amides is 2. The van der Waals surface area contributed by atoms with Gasteiger partial charge in [0, 0.05) is 38.8 Å². The van der Waals surface area contributed by atoms with E-state index >= 15 is 0 Å². The highest BCUT2D eigenvalue weighted by atomic mass is 16.7. The standard InChI is InChI=1S/C34H36N2O10/c1-21-30(37)25-17-28(44-19-41-2)29(45-20-42-3)18-27(25)46-32(21)34(40)36-26(16-23-8-6-5-7-9-23)31(38)33(39)35-15-14-22-10-12-24(43-4)13-11-22/h5-13,17-18,26H,14-16,19-20H2,1-4H3,(H,35,39)(H,36,40)/t26-/m0/s1. The van der Waals surface area contributed by atoms with E-state index in [-0.39, 0.29) is 60.3 Å². The van der Waals surface area contributed by atoms with E-state index in [0.717, 1.165) is 5.56 Å². The minimum atomic E-state index is -1.25. The molecule has 12 nitrogen and oxygen atoms in total. The Morgan fingerprint density at radius 3 is 2.13 bits per heavy atom. The second kappa shape index (κ2) is 16.2. The number of carbonyl (C=O) groups is 3. The largest absolute Gasteiger partial charge is 0.497 e. The van der Waals surface area contributed by atoms with Crippen molar-refractivity contribution in [1.29, 1.82) is 0 Å². The molecule has 0 saturated carbocycles. The average molecular weight is 633 g/mol. The first-order valence-corrected chi connectivity index (χ1v) is 14.4. The van der Waals surface area contributed by atoms with E-state index in [1.54, 1.807) is 31.4 Å². The SMILES string of the molecule is COCOc1cc2oc(C(=O)N[C@@H](Cc3ccccc3)C(=O)C(=O)NCCc3ccc(OC)cc3)c(C)c(=O)c2cc1OCOC. The normalized spacial score (nSPS) is 11.5. The summed E-state index contributed by atoms with van der Waals surface area (Å²) in [6, 6.07) is 17.9. The first-order valence-electron chi connectivity index (χ1n) is 14.4. The lowest BCUT2D eigenvalue weighted by molar-refractivity contribution is -0.138. The van der Waals surface area contributed by atoms with Crippen LogP contribution in [-0.4, -0.2) is 65.1 Å². The summed E-state index contributed by atoms with van der Waals surface area (Å²) in [6.45, 7) is 1.41. The third-order valence-electron chi connectivity index (χ3n) is 7.04. The summed E-state index contributed by atoms with van der Waals surface area (Å²) in [5, 5.41) is 5.39. The van der Waals surface area contributed by atoms with Gasteiger partial charge in [0.2, 0.25) is 5.78 Å². The van der Waals surface area contributed by atoms with E-state index < -0.39 is 29.1 Å². The number of methoxy groups -OCH3 is 3. The quantitative estimate of drug-likeness (QED) is 0.139. The zero-order chi connectivity index (χ0) is 33.1. The highest BCUT2D eigenvalue weighted by molar-refractivity contribution is 6.38. The summed E-state index contributed by atoms with van der Waals surface area (Å²) >= 11 is 0. The summed E-state index contributed by atoms with van der Waals surface area (Å²) in [7, 11) is 4.46. The first kappa shape index (κ1) is 33.7. The van der Waals surface area contributed by atoms with Crippen LogP contribution in [0.1, 0.15) is 27.2 Å². The van der Waals surface area contributed by atoms with E-state index in [2.05, 4.69) is 10.6 Å². The maximum absolute atomic E-state index is 13.6. The van der Waals surface area contributed by atoms with Crippen LogP contribution in [0, 0.1) is 6.92 Å². The molecule has 12 heteroatoms. The van der Waals surface area contributed by atoms with E-state index in [0.29, 0.717) is 17.7 Å². The van der Waals surface area contributed by atoms with Gasteiger partial charge in [-0.3, -0.25) is 19.2 Å². The van der Waals surface area contributed by atoms with Crippen LogP contribution in [0.4, 0.5) is 0 Å². The summed E-state index contributed by atoms with van der Waals surface area (Å²) in [5.74, 6) is -1.74. The number of Topliss-reactive ketones (excluding diaryl/α,β-unsaturated/α-hetero) is 1. The molecule has 0 bridgehead atoms. The Morgan fingerprint density at radius 1 is 0.848 bits per heavy atom. The molecule has 0 saturated heterocycles. The highest BCUT2D eigenvalue weighted by Gasteiger charge is 2.29. The fraction of sp³-hybridized carbons (Fsp3) is 0.294. The van der Waals surface area contributed by atoms with Gasteiger partial charge in [0.15, 0.2) is 36.3 Å². The average Bonchev–Trinajstić information content (AvgIpc) is 3.07. The fourth-order valence-electron chi connectivity index (χ4n) is 4.62. The van der Waals surface area contributed by atoms with Gasteiger partial charge < -0.3 is 38.7 Å². The maximum atomic E-state index is 13.6. The van der Waals surface area contributed by atoms with Crippen LogP contribution in [-0.2, 0) is 31.9 Å². The van der Waals surface area contributed by atoms with Crippen LogP contribution >= 0.6 is 0 Å². The predicted octanol–water partition coefficient (Wildman–Crippen LogP) is 3.34. The molecular weight excluding hydrogens is 596 g/mol. The monoisotopic (exact) mass is 632 g/mol. The second-order valence-corrected chi connectivity index (χ2v) is 10.2. The van der Waals surface area contributed by atoms with Gasteiger partial charge in [-0.05, 0) is 42.7 Å². The summed E-state index contributed by atoms with van der Waals surface area (Å²) < 4.78 is 32.1. The number of fused-ring (bicyclic) bond motifs is 1. The van der Waals surface area contributed by atoms with Crippen molar-refractivity contribution in [2.45, 2.75) is 25.8 Å². The van der Waals surface area contributed by atoms with Crippen molar-refractivity contribution in [1.82, 2.24) is 10.6 Å². The van der Waals surface area contributed by atoms with E-state index in [1.807, 2.05) is 30.3 Å². The van der Waals surface area contributed by atoms with Crippen molar-refractivity contribution in [3.8, 4) is 17.2 Å². The van der Waals surface area contributed by atoms with Crippen LogP contribution in [0.3, 0.4) is 0 Å². The molecule has 0 aliphatic carbocycles. The molecule has 1 heterocycles. The van der Waals surface area contributed by atoms with Gasteiger partial charge in [-0.2, -0.15) is 0 Å². The lowest BCUT2D eigenvalue weighted by atomic mass is 10.0. The van der Waals surface area contributed by atoms with Crippen molar-refractivity contribution < 1.29 is 42.5 Å². The lowest BCUT2D eigenvalue weighted by Gasteiger charge is -2.18. The number of rotatable bonds is 16. The molecule has 242 valence electrons. The molecule has 0 spiro atoms. The summed E-state index contributed by atoms with van der Waals surface area (Å²) in [4.78, 5) is 53.3. The topological polar surface area (TPSA) is 152 Å². The molecule has 3 aromatic carbocycles. The van der Waals surface area contributed by atoms with Crippen molar-refractivity contribution in [3.63, 3.8) is 0 Å². The molecule has 4 aromatic rings. The molecule has 0 radical (unpaired) electrons. The second-order valence-electron chi connectivity index (χ2n) is 10.2. The third kappa shape index (κ3) is 8.49. The van der Waals surface area contributed by atoms with Gasteiger partial charge in [0.25, 0.3) is 11.8 Å². The number of hydrogen-bond donors (Lipinski definition) is 2. The van der Waals surface area contributed by atoms with Gasteiger partial charge in [0.05, 0.1) is 12.5 Å². The number of hydrogen-bond acceptors (Lipinski definition) is 10. The Bertz CT molecular complexity index is 1720. The molecule has 4 rings (SSSR count). The number of ether oxygens (including phenoxy) is 5. The minimum absolute atomic E-state index is 0.00287. The molecule has 0 aliphatic heterocycles. The van der Waals surface area contributed by atoms with Gasteiger partial charge >= 0.3 is 0 Å². The maximum Gasteiger partial charge on any atom is 0.289 e. The lowest BCUT2D eigenvalue weighted by Crippen LogP contribution is -2.49. The molecule has 0 unspecified atom stereocenters. The fourth-order valence-corrected chi connectivity index (χ4v) is 4.62. The van der Waals surface area contributed by atoms with Crippen molar-refractivity contribution in [2.75, 3.05) is 41.5 Å². The van der Waals surface area contributed by atoms with Crippen LogP contribution in [0.25, 0.3) is 11.0 Å². The number of nitrogens with one attached hydrogen (secondary N) is 2. The Balaban J connectivity index is 1.57. The molecule has 46 heavy (non-hydrogen) atoms. The molecular formula is C34H36N2O10. The zero-order valence-corrected chi connectivity index (χ0v) is 26.0. The molecule has 2 N–H and O–H groups in total. The Hall–Kier alpha value is -5.20. The van der Waals surface area contributed by atoms with E-state index in [9.17, 15) is 19.2 Å². The molecule has 1 atom stereocenters. The predicted molar refractivity (Wildman–Crippen MR) is 168 cm³/mol. The van der Waals surface area contributed by atoms with Crippen LogP contribution < -0.4 is 30.3 Å².